The van der Waals surface area contributed by atoms with Gasteiger partial charge in [0.2, 0.25) is 0 Å². The Morgan fingerprint density at radius 2 is 1.54 bits per heavy atom. The highest BCUT2D eigenvalue weighted by Gasteiger charge is 2.15. The molecule has 6 aromatic rings. The van der Waals surface area contributed by atoms with Gasteiger partial charge in [0, 0.05) is 42.5 Å². The molecule has 0 spiro atoms. The van der Waals surface area contributed by atoms with Crippen LogP contribution in [0.15, 0.2) is 71.3 Å². The number of benzene rings is 3. The molecule has 0 aliphatic heterocycles. The number of thiophene rings is 1. The second kappa shape index (κ2) is 4.34. The van der Waals surface area contributed by atoms with Gasteiger partial charge in [0.25, 0.3) is 0 Å². The third-order valence-corrected chi connectivity index (χ3v) is 5.82. The number of hydrogen-bond donors (Lipinski definition) is 0. The van der Waals surface area contributed by atoms with Crippen LogP contribution in [0.25, 0.3) is 53.0 Å². The summed E-state index contributed by atoms with van der Waals surface area (Å²) >= 11 is 1.81. The molecule has 0 unspecified atom stereocenters. The lowest BCUT2D eigenvalue weighted by atomic mass is 10.1. The minimum absolute atomic E-state index is 0.856. The zero-order valence-corrected chi connectivity index (χ0v) is 13.4. The maximum absolute atomic E-state index is 6.44. The van der Waals surface area contributed by atoms with Crippen molar-refractivity contribution in [3.63, 3.8) is 0 Å². The molecular formula is C21H11NOS. The molecular weight excluding hydrogens is 314 g/mol. The molecule has 112 valence electrons. The smallest absolute Gasteiger partial charge is 0.161 e. The Morgan fingerprint density at radius 3 is 2.50 bits per heavy atom. The van der Waals surface area contributed by atoms with Crippen LogP contribution in [0.3, 0.4) is 0 Å². The van der Waals surface area contributed by atoms with E-state index in [-0.39, 0.29) is 0 Å². The Labute approximate surface area is 140 Å². The minimum atomic E-state index is 0.856. The average molecular weight is 325 g/mol. The van der Waals surface area contributed by atoms with Gasteiger partial charge < -0.3 is 4.42 Å². The van der Waals surface area contributed by atoms with E-state index in [4.69, 9.17) is 9.40 Å². The van der Waals surface area contributed by atoms with E-state index >= 15 is 0 Å². The van der Waals surface area contributed by atoms with Crippen LogP contribution < -0.4 is 0 Å². The molecule has 6 rings (SSSR count). The molecule has 0 saturated heterocycles. The van der Waals surface area contributed by atoms with Crippen LogP contribution in [0.1, 0.15) is 0 Å². The molecule has 0 atom stereocenters. The first kappa shape index (κ1) is 12.5. The Hall–Kier alpha value is -2.91. The zero-order valence-electron chi connectivity index (χ0n) is 12.6. The fourth-order valence-corrected chi connectivity index (χ4v) is 4.81. The fraction of sp³-hybridized carbons (Fsp3) is 0. The lowest BCUT2D eigenvalue weighted by Crippen LogP contribution is -1.80. The lowest BCUT2D eigenvalue weighted by Gasteiger charge is -2.01. The van der Waals surface area contributed by atoms with Crippen LogP contribution in [-0.2, 0) is 0 Å². The van der Waals surface area contributed by atoms with E-state index in [1.807, 2.05) is 29.7 Å². The first-order valence-corrected chi connectivity index (χ1v) is 8.72. The van der Waals surface area contributed by atoms with Gasteiger partial charge >= 0.3 is 0 Å². The second-order valence-electron chi connectivity index (χ2n) is 6.04. The molecule has 24 heavy (non-hydrogen) atoms. The van der Waals surface area contributed by atoms with E-state index < -0.39 is 0 Å². The molecule has 0 bridgehead atoms. The van der Waals surface area contributed by atoms with Gasteiger partial charge in [-0.1, -0.05) is 42.5 Å². The van der Waals surface area contributed by atoms with Crippen molar-refractivity contribution in [2.75, 3.05) is 0 Å². The van der Waals surface area contributed by atoms with E-state index in [1.54, 1.807) is 0 Å². The monoisotopic (exact) mass is 325 g/mol. The number of pyridine rings is 1. The lowest BCUT2D eigenvalue weighted by molar-refractivity contribution is 0.666. The molecule has 0 N–H and O–H groups in total. The van der Waals surface area contributed by atoms with Crippen molar-refractivity contribution in [3.05, 3.63) is 66.9 Å². The van der Waals surface area contributed by atoms with Crippen LogP contribution in [0.2, 0.25) is 0 Å². The van der Waals surface area contributed by atoms with Crippen LogP contribution in [0.4, 0.5) is 0 Å². The highest BCUT2D eigenvalue weighted by Crippen LogP contribution is 2.42. The third kappa shape index (κ3) is 1.47. The van der Waals surface area contributed by atoms with Crippen molar-refractivity contribution in [2.45, 2.75) is 0 Å². The van der Waals surface area contributed by atoms with Crippen molar-refractivity contribution < 1.29 is 4.42 Å². The van der Waals surface area contributed by atoms with E-state index in [9.17, 15) is 0 Å². The zero-order chi connectivity index (χ0) is 15.7. The van der Waals surface area contributed by atoms with Gasteiger partial charge in [-0.15, -0.1) is 11.3 Å². The summed E-state index contributed by atoms with van der Waals surface area (Å²) in [7, 11) is 0. The van der Waals surface area contributed by atoms with Gasteiger partial charge in [0.05, 0.1) is 0 Å². The molecule has 0 amide bonds. The fourth-order valence-electron chi connectivity index (χ4n) is 3.66. The summed E-state index contributed by atoms with van der Waals surface area (Å²) in [6, 6.07) is 21.0. The molecule has 3 aromatic heterocycles. The maximum atomic E-state index is 6.44. The minimum Gasteiger partial charge on any atom is -0.454 e. The quantitative estimate of drug-likeness (QED) is 0.318. The number of rotatable bonds is 0. The third-order valence-electron chi connectivity index (χ3n) is 4.70. The van der Waals surface area contributed by atoms with E-state index in [0.29, 0.717) is 0 Å². The predicted octanol–water partition coefficient (Wildman–Crippen LogP) is 6.50. The van der Waals surface area contributed by atoms with E-state index in [2.05, 4.69) is 48.5 Å². The van der Waals surface area contributed by atoms with Gasteiger partial charge in [-0.05, 0) is 18.2 Å². The van der Waals surface area contributed by atoms with Crippen LogP contribution in [-0.4, -0.2) is 4.98 Å². The molecule has 0 aliphatic carbocycles. The van der Waals surface area contributed by atoms with Crippen molar-refractivity contribution in [1.82, 2.24) is 4.98 Å². The number of nitrogens with zero attached hydrogens (tertiary/aromatic N) is 1. The van der Waals surface area contributed by atoms with Crippen molar-refractivity contribution in [1.29, 1.82) is 0 Å². The van der Waals surface area contributed by atoms with Crippen LogP contribution >= 0.6 is 11.3 Å². The van der Waals surface area contributed by atoms with E-state index in [0.717, 1.165) is 32.8 Å². The average Bonchev–Trinajstić information content (AvgIpc) is 2.94. The summed E-state index contributed by atoms with van der Waals surface area (Å²) in [6.45, 7) is 0. The molecule has 0 saturated carbocycles. The highest BCUT2D eigenvalue weighted by atomic mass is 32.1. The second-order valence-corrected chi connectivity index (χ2v) is 7.12. The van der Waals surface area contributed by atoms with Gasteiger partial charge in [0.15, 0.2) is 5.58 Å². The molecule has 0 aliphatic rings. The molecule has 0 fully saturated rings. The Morgan fingerprint density at radius 1 is 0.750 bits per heavy atom. The molecule has 0 radical (unpaired) electrons. The first-order valence-electron chi connectivity index (χ1n) is 7.90. The Kier molecular flexibility index (Phi) is 2.26. The largest absolute Gasteiger partial charge is 0.454 e. The normalized spacial score (nSPS) is 12.2. The van der Waals surface area contributed by atoms with Gasteiger partial charge in [-0.2, -0.15) is 0 Å². The summed E-state index contributed by atoms with van der Waals surface area (Å²) in [5.74, 6) is 0. The topological polar surface area (TPSA) is 26.0 Å². The standard InChI is InChI=1S/C21H11NOS/c1-2-6-13-12(5-1)11-22-20-14-7-3-9-16-18(14)19-15(23-21(13)20)8-4-10-17(19)24-16/h1-11H. The summed E-state index contributed by atoms with van der Waals surface area (Å²) < 4.78 is 8.97. The van der Waals surface area contributed by atoms with Gasteiger partial charge in [0.1, 0.15) is 11.1 Å². The maximum Gasteiger partial charge on any atom is 0.161 e. The Balaban J connectivity index is 2.08. The summed E-state index contributed by atoms with van der Waals surface area (Å²) in [6.07, 6.45) is 1.94. The van der Waals surface area contributed by atoms with Crippen molar-refractivity contribution in [3.8, 4) is 0 Å². The first-order chi connectivity index (χ1) is 11.9. The Bertz CT molecular complexity index is 1410. The van der Waals surface area contributed by atoms with E-state index in [1.165, 1.54) is 20.2 Å². The summed E-state index contributed by atoms with van der Waals surface area (Å²) in [4.78, 5) is 4.76. The molecule has 3 aromatic carbocycles. The molecule has 3 heterocycles. The van der Waals surface area contributed by atoms with Crippen molar-refractivity contribution >= 4 is 64.4 Å². The highest BCUT2D eigenvalue weighted by molar-refractivity contribution is 7.26. The van der Waals surface area contributed by atoms with Gasteiger partial charge in [-0.3, -0.25) is 4.98 Å². The summed E-state index contributed by atoms with van der Waals surface area (Å²) in [5.41, 5.74) is 2.70. The summed E-state index contributed by atoms with van der Waals surface area (Å²) in [5, 5.41) is 5.82. The number of hydrogen-bond acceptors (Lipinski definition) is 3. The number of aromatic nitrogens is 1. The molecule has 3 heteroatoms. The van der Waals surface area contributed by atoms with Crippen LogP contribution in [0.5, 0.6) is 0 Å². The van der Waals surface area contributed by atoms with Crippen molar-refractivity contribution in [2.24, 2.45) is 0 Å². The number of fused-ring (bicyclic) bond motifs is 4. The SMILES string of the molecule is c1ccc2c(c1)cnc1c3cccc4sc5cccc(oc21)c5c43. The van der Waals surface area contributed by atoms with Gasteiger partial charge in [-0.25, -0.2) is 0 Å². The molecule has 2 nitrogen and oxygen atoms in total. The predicted molar refractivity (Wildman–Crippen MR) is 102 cm³/mol. The van der Waals surface area contributed by atoms with Crippen LogP contribution in [0, 0.1) is 0 Å².